The SMILES string of the molecule is COCOc1cc(OCOC)c2nc3c(C(=O)OC)ccc(OCOC)c3cc2c1C=O. The highest BCUT2D eigenvalue weighted by atomic mass is 16.7. The lowest BCUT2D eigenvalue weighted by Crippen LogP contribution is -2.08. The number of ether oxygens (including phenoxy) is 7. The smallest absolute Gasteiger partial charge is 0.340 e. The summed E-state index contributed by atoms with van der Waals surface area (Å²) in [5.74, 6) is 0.364. The van der Waals surface area contributed by atoms with Crippen LogP contribution in [0.25, 0.3) is 21.8 Å². The first-order valence-corrected chi connectivity index (χ1v) is 9.42. The number of methoxy groups -OCH3 is 4. The fourth-order valence-electron chi connectivity index (χ4n) is 3.14. The summed E-state index contributed by atoms with van der Waals surface area (Å²) in [6, 6.07) is 6.35. The number of rotatable bonds is 11. The molecule has 0 bridgehead atoms. The molecule has 0 amide bonds. The first kappa shape index (κ1) is 23.2. The predicted molar refractivity (Wildman–Crippen MR) is 113 cm³/mol. The van der Waals surface area contributed by atoms with Crippen LogP contribution >= 0.6 is 0 Å². The van der Waals surface area contributed by atoms with Gasteiger partial charge in [-0.05, 0) is 18.2 Å². The average Bonchev–Trinajstić information content (AvgIpc) is 2.82. The molecule has 0 atom stereocenters. The van der Waals surface area contributed by atoms with Crippen molar-refractivity contribution in [3.05, 3.63) is 35.4 Å². The Hall–Kier alpha value is -3.47. The second-order valence-corrected chi connectivity index (χ2v) is 6.44. The lowest BCUT2D eigenvalue weighted by Gasteiger charge is -2.16. The third-order valence-electron chi connectivity index (χ3n) is 4.52. The first-order chi connectivity index (χ1) is 15.6. The molecule has 0 aliphatic rings. The van der Waals surface area contributed by atoms with Crippen molar-refractivity contribution >= 4 is 34.1 Å². The second-order valence-electron chi connectivity index (χ2n) is 6.44. The molecule has 3 aromatic rings. The standard InChI is InChI=1S/C22H23NO9/c1-26-10-30-17-6-5-13(22(25)29-4)20-15(17)7-14-16(9-24)18(31-11-27-2)8-19(21(14)23-20)32-12-28-3/h5-9H,10-12H2,1-4H3. The summed E-state index contributed by atoms with van der Waals surface area (Å²) in [6.07, 6.45) is 0.654. The molecule has 0 unspecified atom stereocenters. The fraction of sp³-hybridized carbons (Fsp3) is 0.318. The third-order valence-corrected chi connectivity index (χ3v) is 4.52. The van der Waals surface area contributed by atoms with Crippen LogP contribution < -0.4 is 14.2 Å². The monoisotopic (exact) mass is 445 g/mol. The fourth-order valence-corrected chi connectivity index (χ4v) is 3.14. The number of carbonyl (C=O) groups is 2. The highest BCUT2D eigenvalue weighted by molar-refractivity contribution is 6.11. The average molecular weight is 445 g/mol. The summed E-state index contributed by atoms with van der Waals surface area (Å²) in [5, 5.41) is 0.902. The molecule has 0 radical (unpaired) electrons. The van der Waals surface area contributed by atoms with Crippen LogP contribution in [0.4, 0.5) is 0 Å². The summed E-state index contributed by atoms with van der Waals surface area (Å²) in [7, 11) is 5.71. The molecule has 32 heavy (non-hydrogen) atoms. The molecule has 2 aromatic carbocycles. The van der Waals surface area contributed by atoms with E-state index in [2.05, 4.69) is 4.98 Å². The Labute approximate surface area is 183 Å². The number of hydrogen-bond acceptors (Lipinski definition) is 10. The van der Waals surface area contributed by atoms with Gasteiger partial charge in [0.2, 0.25) is 0 Å². The molecule has 3 rings (SSSR count). The van der Waals surface area contributed by atoms with Gasteiger partial charge in [0.25, 0.3) is 0 Å². The van der Waals surface area contributed by atoms with Crippen molar-refractivity contribution in [2.45, 2.75) is 0 Å². The second kappa shape index (κ2) is 10.7. The Morgan fingerprint density at radius 3 is 2.03 bits per heavy atom. The number of nitrogens with zero attached hydrogens (tertiary/aromatic N) is 1. The van der Waals surface area contributed by atoms with Gasteiger partial charge in [-0.25, -0.2) is 9.78 Å². The van der Waals surface area contributed by atoms with Crippen LogP contribution in [0.3, 0.4) is 0 Å². The minimum absolute atomic E-state index is 0.0234. The van der Waals surface area contributed by atoms with Crippen LogP contribution in [0.15, 0.2) is 24.3 Å². The number of aldehydes is 1. The van der Waals surface area contributed by atoms with E-state index in [1.165, 1.54) is 34.5 Å². The van der Waals surface area contributed by atoms with Gasteiger partial charge in [0.05, 0.1) is 23.8 Å². The van der Waals surface area contributed by atoms with E-state index in [9.17, 15) is 9.59 Å². The summed E-state index contributed by atoms with van der Waals surface area (Å²) in [4.78, 5) is 29.0. The van der Waals surface area contributed by atoms with Gasteiger partial charge >= 0.3 is 5.97 Å². The molecule has 170 valence electrons. The lowest BCUT2D eigenvalue weighted by atomic mass is 10.0. The molecule has 1 heterocycles. The van der Waals surface area contributed by atoms with Crippen molar-refractivity contribution in [2.24, 2.45) is 0 Å². The summed E-state index contributed by atoms with van der Waals surface area (Å²) in [6.45, 7) is -0.171. The van der Waals surface area contributed by atoms with E-state index in [0.29, 0.717) is 39.6 Å². The van der Waals surface area contributed by atoms with E-state index in [1.807, 2.05) is 0 Å². The third kappa shape index (κ3) is 4.57. The molecule has 0 aliphatic carbocycles. The maximum Gasteiger partial charge on any atom is 0.340 e. The number of pyridine rings is 1. The first-order valence-electron chi connectivity index (χ1n) is 9.42. The Morgan fingerprint density at radius 2 is 1.44 bits per heavy atom. The van der Waals surface area contributed by atoms with Gasteiger partial charge in [-0.3, -0.25) is 4.79 Å². The van der Waals surface area contributed by atoms with Gasteiger partial charge in [0, 0.05) is 38.2 Å². The predicted octanol–water partition coefficient (Wildman–Crippen LogP) is 2.94. The van der Waals surface area contributed by atoms with Crippen molar-refractivity contribution in [1.82, 2.24) is 4.98 Å². The molecule has 0 spiro atoms. The number of fused-ring (bicyclic) bond motifs is 2. The maximum absolute atomic E-state index is 12.4. The summed E-state index contributed by atoms with van der Waals surface area (Å²) >= 11 is 0. The number of benzene rings is 2. The van der Waals surface area contributed by atoms with Crippen LogP contribution in [0.5, 0.6) is 17.2 Å². The van der Waals surface area contributed by atoms with Crippen molar-refractivity contribution < 1.29 is 42.7 Å². The summed E-state index contributed by atoms with van der Waals surface area (Å²) < 4.78 is 36.7. The molecule has 0 fully saturated rings. The number of aromatic nitrogens is 1. The minimum atomic E-state index is -0.574. The molecule has 10 nitrogen and oxygen atoms in total. The molecule has 0 saturated heterocycles. The lowest BCUT2D eigenvalue weighted by molar-refractivity contribution is 0.0463. The van der Waals surface area contributed by atoms with Gasteiger partial charge in [0.1, 0.15) is 17.0 Å². The van der Waals surface area contributed by atoms with E-state index in [4.69, 9.17) is 33.2 Å². The zero-order valence-electron chi connectivity index (χ0n) is 18.1. The van der Waals surface area contributed by atoms with Crippen LogP contribution in [0.1, 0.15) is 20.7 Å². The van der Waals surface area contributed by atoms with E-state index in [1.54, 1.807) is 18.2 Å². The van der Waals surface area contributed by atoms with E-state index >= 15 is 0 Å². The highest BCUT2D eigenvalue weighted by Crippen LogP contribution is 2.39. The maximum atomic E-state index is 12.4. The molecule has 10 heteroatoms. The van der Waals surface area contributed by atoms with Crippen LogP contribution in [0, 0.1) is 0 Å². The molecule has 0 aliphatic heterocycles. The quantitative estimate of drug-likeness (QED) is 0.189. The Kier molecular flexibility index (Phi) is 7.77. The van der Waals surface area contributed by atoms with Crippen molar-refractivity contribution in [2.75, 3.05) is 48.8 Å². The zero-order valence-corrected chi connectivity index (χ0v) is 18.1. The van der Waals surface area contributed by atoms with Crippen LogP contribution in [-0.2, 0) is 18.9 Å². The Balaban J connectivity index is 2.39. The normalized spacial score (nSPS) is 10.9. The summed E-state index contributed by atoms with van der Waals surface area (Å²) in [5.41, 5.74) is 1.09. The zero-order chi connectivity index (χ0) is 23.1. The number of carbonyl (C=O) groups excluding carboxylic acids is 2. The molecule has 1 aromatic heterocycles. The van der Waals surface area contributed by atoms with Gasteiger partial charge in [-0.1, -0.05) is 0 Å². The van der Waals surface area contributed by atoms with Gasteiger partial charge in [-0.15, -0.1) is 0 Å². The molecule has 0 saturated carbocycles. The van der Waals surface area contributed by atoms with Gasteiger partial charge in [0.15, 0.2) is 32.4 Å². The molecular formula is C22H23NO9. The van der Waals surface area contributed by atoms with Crippen molar-refractivity contribution in [1.29, 1.82) is 0 Å². The van der Waals surface area contributed by atoms with Gasteiger partial charge < -0.3 is 33.2 Å². The minimum Gasteiger partial charge on any atom is -0.467 e. The Morgan fingerprint density at radius 1 is 0.812 bits per heavy atom. The molecule has 0 N–H and O–H groups in total. The topological polar surface area (TPSA) is 112 Å². The number of esters is 1. The highest BCUT2D eigenvalue weighted by Gasteiger charge is 2.21. The number of hydrogen-bond donors (Lipinski definition) is 0. The Bertz CT molecular complexity index is 1130. The van der Waals surface area contributed by atoms with Crippen molar-refractivity contribution in [3.8, 4) is 17.2 Å². The van der Waals surface area contributed by atoms with Crippen LogP contribution in [0.2, 0.25) is 0 Å². The van der Waals surface area contributed by atoms with E-state index in [0.717, 1.165) is 0 Å². The van der Waals surface area contributed by atoms with Gasteiger partial charge in [-0.2, -0.15) is 0 Å². The molecular weight excluding hydrogens is 422 g/mol. The van der Waals surface area contributed by atoms with Crippen molar-refractivity contribution in [3.63, 3.8) is 0 Å². The van der Waals surface area contributed by atoms with E-state index in [-0.39, 0.29) is 37.3 Å². The van der Waals surface area contributed by atoms with E-state index < -0.39 is 5.97 Å². The largest absolute Gasteiger partial charge is 0.467 e. The van der Waals surface area contributed by atoms with Crippen LogP contribution in [-0.4, -0.2) is 66.1 Å².